The van der Waals surface area contributed by atoms with Gasteiger partial charge in [-0.2, -0.15) is 0 Å². The molecule has 148 valence electrons. The lowest BCUT2D eigenvalue weighted by atomic mass is 10.0. The topological polar surface area (TPSA) is 103 Å². The minimum absolute atomic E-state index is 0.0284. The molecule has 0 saturated carbocycles. The van der Waals surface area contributed by atoms with E-state index in [0.717, 1.165) is 25.9 Å². The van der Waals surface area contributed by atoms with Crippen molar-refractivity contribution in [1.29, 1.82) is 0 Å². The quantitative estimate of drug-likeness (QED) is 0.373. The summed E-state index contributed by atoms with van der Waals surface area (Å²) in [6.07, 6.45) is 2.02. The molecule has 1 amide bonds. The summed E-state index contributed by atoms with van der Waals surface area (Å²) in [7, 11) is 0. The zero-order chi connectivity index (χ0) is 20.4. The Morgan fingerprint density at radius 3 is 2.52 bits per heavy atom. The number of fused-ring (bicyclic) bond motifs is 1. The summed E-state index contributed by atoms with van der Waals surface area (Å²) < 4.78 is 10.9. The molecule has 1 fully saturated rings. The summed E-state index contributed by atoms with van der Waals surface area (Å²) in [5.41, 5.74) is 1.00. The first-order chi connectivity index (χ1) is 14.0. The van der Waals surface area contributed by atoms with Gasteiger partial charge in [-0.1, -0.05) is 0 Å². The number of likely N-dealkylation sites (tertiary alicyclic amines) is 1. The fraction of sp³-hybridized carbons (Fsp3) is 0.238. The molecule has 2 aromatic carbocycles. The van der Waals surface area contributed by atoms with Gasteiger partial charge in [-0.3, -0.25) is 14.9 Å². The third-order valence-electron chi connectivity index (χ3n) is 4.93. The van der Waals surface area contributed by atoms with Gasteiger partial charge in [0.05, 0.1) is 4.92 Å². The second-order valence-electron chi connectivity index (χ2n) is 6.82. The van der Waals surface area contributed by atoms with Crippen LogP contribution in [0, 0.1) is 10.1 Å². The maximum atomic E-state index is 12.1. The zero-order valence-electron chi connectivity index (χ0n) is 15.5. The van der Waals surface area contributed by atoms with Crippen molar-refractivity contribution >= 4 is 22.6 Å². The highest BCUT2D eigenvalue weighted by molar-refractivity contribution is 5.94. The van der Waals surface area contributed by atoms with Crippen LogP contribution in [-0.2, 0) is 4.79 Å². The van der Waals surface area contributed by atoms with Gasteiger partial charge in [-0.25, -0.2) is 4.79 Å². The number of amides is 1. The van der Waals surface area contributed by atoms with Crippen LogP contribution < -0.4 is 10.4 Å². The Bertz CT molecular complexity index is 1130. The van der Waals surface area contributed by atoms with Gasteiger partial charge in [0.15, 0.2) is 6.61 Å². The van der Waals surface area contributed by atoms with Crippen LogP contribution >= 0.6 is 0 Å². The molecule has 0 atom stereocenters. The Morgan fingerprint density at radius 2 is 1.83 bits per heavy atom. The second kappa shape index (κ2) is 7.75. The van der Waals surface area contributed by atoms with E-state index in [-0.39, 0.29) is 18.2 Å². The largest absolute Gasteiger partial charge is 0.484 e. The van der Waals surface area contributed by atoms with Crippen molar-refractivity contribution in [1.82, 2.24) is 4.90 Å². The number of carbonyl (C=O) groups excluding carboxylic acids is 1. The van der Waals surface area contributed by atoms with E-state index in [1.165, 1.54) is 18.2 Å². The maximum absolute atomic E-state index is 12.1. The normalized spacial score (nSPS) is 13.6. The molecular formula is C21H18N2O6. The molecule has 0 spiro atoms. The van der Waals surface area contributed by atoms with Crippen molar-refractivity contribution in [3.05, 3.63) is 69.1 Å². The van der Waals surface area contributed by atoms with Crippen molar-refractivity contribution in [2.75, 3.05) is 19.7 Å². The number of benzene rings is 2. The first-order valence-corrected chi connectivity index (χ1v) is 9.24. The Kier molecular flexibility index (Phi) is 4.99. The number of rotatable bonds is 5. The van der Waals surface area contributed by atoms with Crippen LogP contribution in [0.5, 0.6) is 5.75 Å². The highest BCUT2D eigenvalue weighted by Gasteiger charge is 2.18. The number of ether oxygens (including phenoxy) is 1. The van der Waals surface area contributed by atoms with Crippen LogP contribution in [0.3, 0.4) is 0 Å². The van der Waals surface area contributed by atoms with Gasteiger partial charge in [0.1, 0.15) is 11.3 Å². The van der Waals surface area contributed by atoms with Crippen LogP contribution in [0.15, 0.2) is 57.7 Å². The van der Waals surface area contributed by atoms with E-state index < -0.39 is 10.5 Å². The number of non-ortho nitro benzene ring substituents is 1. The highest BCUT2D eigenvalue weighted by atomic mass is 16.6. The molecular weight excluding hydrogens is 376 g/mol. The summed E-state index contributed by atoms with van der Waals surface area (Å²) in [5, 5.41) is 11.5. The summed E-state index contributed by atoms with van der Waals surface area (Å²) in [6.45, 7) is 1.44. The van der Waals surface area contributed by atoms with Gasteiger partial charge < -0.3 is 14.1 Å². The first-order valence-electron chi connectivity index (χ1n) is 9.24. The van der Waals surface area contributed by atoms with Crippen LogP contribution in [0.2, 0.25) is 0 Å². The van der Waals surface area contributed by atoms with E-state index in [4.69, 9.17) is 9.15 Å². The van der Waals surface area contributed by atoms with E-state index in [0.29, 0.717) is 27.8 Å². The number of nitro groups is 1. The fourth-order valence-electron chi connectivity index (χ4n) is 3.44. The van der Waals surface area contributed by atoms with Crippen molar-refractivity contribution in [2.45, 2.75) is 12.8 Å². The Hall–Kier alpha value is -3.68. The summed E-state index contributed by atoms with van der Waals surface area (Å²) in [6, 6.07) is 12.3. The molecule has 0 unspecified atom stereocenters. The third-order valence-corrected chi connectivity index (χ3v) is 4.93. The van der Waals surface area contributed by atoms with Gasteiger partial charge in [0.25, 0.3) is 11.6 Å². The van der Waals surface area contributed by atoms with Crippen molar-refractivity contribution in [2.24, 2.45) is 0 Å². The van der Waals surface area contributed by atoms with Gasteiger partial charge in [0.2, 0.25) is 0 Å². The number of carbonyl (C=O) groups is 1. The second-order valence-corrected chi connectivity index (χ2v) is 6.82. The summed E-state index contributed by atoms with van der Waals surface area (Å²) >= 11 is 0. The van der Waals surface area contributed by atoms with E-state index in [2.05, 4.69) is 0 Å². The average Bonchev–Trinajstić information content (AvgIpc) is 3.26. The lowest BCUT2D eigenvalue weighted by molar-refractivity contribution is -0.384. The van der Waals surface area contributed by atoms with Gasteiger partial charge in [-0.15, -0.1) is 0 Å². The van der Waals surface area contributed by atoms with Crippen LogP contribution in [0.25, 0.3) is 22.1 Å². The lowest BCUT2D eigenvalue weighted by Crippen LogP contribution is -2.32. The number of nitrogens with zero attached hydrogens (tertiary/aromatic N) is 2. The van der Waals surface area contributed by atoms with Crippen LogP contribution in [0.1, 0.15) is 12.8 Å². The summed E-state index contributed by atoms with van der Waals surface area (Å²) in [5.74, 6) is 0.359. The van der Waals surface area contributed by atoms with Crippen molar-refractivity contribution in [3.8, 4) is 16.9 Å². The molecule has 1 aromatic heterocycles. The molecule has 3 aromatic rings. The molecule has 1 aliphatic heterocycles. The maximum Gasteiger partial charge on any atom is 0.336 e. The minimum atomic E-state index is -0.545. The SMILES string of the molecule is O=C(COc1ccc2c(-c3ccc([N+](=O)[O-])cc3)cc(=O)oc2c1)N1CCCC1. The van der Waals surface area contributed by atoms with E-state index >= 15 is 0 Å². The Balaban J connectivity index is 1.61. The van der Waals surface area contributed by atoms with Crippen LogP contribution in [0.4, 0.5) is 5.69 Å². The highest BCUT2D eigenvalue weighted by Crippen LogP contribution is 2.30. The first kappa shape index (κ1) is 18.7. The van der Waals surface area contributed by atoms with Gasteiger partial charge >= 0.3 is 5.63 Å². The third kappa shape index (κ3) is 3.96. The van der Waals surface area contributed by atoms with Crippen LogP contribution in [-0.4, -0.2) is 35.4 Å². The van der Waals surface area contributed by atoms with E-state index in [1.807, 2.05) is 0 Å². The van der Waals surface area contributed by atoms with E-state index in [1.54, 1.807) is 35.2 Å². The predicted octanol–water partition coefficient (Wildman–Crippen LogP) is 3.37. The number of hydrogen-bond acceptors (Lipinski definition) is 6. The number of nitro benzene ring substituents is 1. The smallest absolute Gasteiger partial charge is 0.336 e. The van der Waals surface area contributed by atoms with E-state index in [9.17, 15) is 19.7 Å². The molecule has 1 saturated heterocycles. The molecule has 0 N–H and O–H groups in total. The molecule has 0 bridgehead atoms. The lowest BCUT2D eigenvalue weighted by Gasteiger charge is -2.15. The molecule has 1 aliphatic rings. The standard InChI is InChI=1S/C21H18N2O6/c24-20(22-9-1-2-10-22)13-28-16-7-8-17-18(12-21(25)29-19(17)11-16)14-3-5-15(6-4-14)23(26)27/h3-8,11-12H,1-2,9-10,13H2. The zero-order valence-corrected chi connectivity index (χ0v) is 15.5. The van der Waals surface area contributed by atoms with Gasteiger partial charge in [0, 0.05) is 42.7 Å². The van der Waals surface area contributed by atoms with Gasteiger partial charge in [-0.05, 0) is 48.2 Å². The Morgan fingerprint density at radius 1 is 1.10 bits per heavy atom. The molecule has 8 heteroatoms. The summed E-state index contributed by atoms with van der Waals surface area (Å²) in [4.78, 5) is 36.3. The predicted molar refractivity (Wildman–Crippen MR) is 106 cm³/mol. The molecule has 4 rings (SSSR count). The molecule has 2 heterocycles. The Labute approximate surface area is 165 Å². The molecule has 0 radical (unpaired) electrons. The van der Waals surface area contributed by atoms with Crippen molar-refractivity contribution in [3.63, 3.8) is 0 Å². The average molecular weight is 394 g/mol. The monoisotopic (exact) mass is 394 g/mol. The molecule has 29 heavy (non-hydrogen) atoms. The minimum Gasteiger partial charge on any atom is -0.484 e. The van der Waals surface area contributed by atoms with Crippen molar-refractivity contribution < 1.29 is 18.9 Å². The molecule has 8 nitrogen and oxygen atoms in total. The molecule has 0 aliphatic carbocycles. The fourth-order valence-corrected chi connectivity index (χ4v) is 3.44. The number of hydrogen-bond donors (Lipinski definition) is 0.